The molecule has 1 N–H and O–H groups in total. The standard InChI is InChI=1S/C21H33NO4S/c1-4-5-6-7-8-9-12-17(26-27(23,24)25)15-20-18-13-10-11-14-19(18)21(2,3)16-22-20/h10-11,13-14,17H,4-9,12,15-16H2,1-3H3,(H,23,24,25). The van der Waals surface area contributed by atoms with Crippen LogP contribution in [0, 0.1) is 0 Å². The van der Waals surface area contributed by atoms with Gasteiger partial charge < -0.3 is 0 Å². The first kappa shape index (κ1) is 22.1. The van der Waals surface area contributed by atoms with Crippen molar-refractivity contribution in [1.29, 1.82) is 0 Å². The summed E-state index contributed by atoms with van der Waals surface area (Å²) >= 11 is 0. The van der Waals surface area contributed by atoms with Crippen LogP contribution in [-0.4, -0.2) is 31.3 Å². The number of hydrogen-bond donors (Lipinski definition) is 1. The fourth-order valence-corrected chi connectivity index (χ4v) is 4.20. The van der Waals surface area contributed by atoms with Gasteiger partial charge >= 0.3 is 10.4 Å². The molecular formula is C21H33NO4S. The Kier molecular flexibility index (Phi) is 8.01. The second kappa shape index (κ2) is 9.80. The maximum absolute atomic E-state index is 11.3. The van der Waals surface area contributed by atoms with E-state index < -0.39 is 16.5 Å². The molecule has 1 aromatic rings. The van der Waals surface area contributed by atoms with E-state index in [2.05, 4.69) is 26.8 Å². The van der Waals surface area contributed by atoms with Crippen LogP contribution in [0.2, 0.25) is 0 Å². The fourth-order valence-electron chi connectivity index (χ4n) is 3.69. The van der Waals surface area contributed by atoms with Gasteiger partial charge in [0.2, 0.25) is 0 Å². The van der Waals surface area contributed by atoms with Gasteiger partial charge in [-0.25, -0.2) is 4.18 Å². The quantitative estimate of drug-likeness (QED) is 0.418. The number of fused-ring (bicyclic) bond motifs is 1. The van der Waals surface area contributed by atoms with E-state index in [-0.39, 0.29) is 5.41 Å². The molecule has 0 bridgehead atoms. The lowest BCUT2D eigenvalue weighted by Crippen LogP contribution is -2.32. The van der Waals surface area contributed by atoms with E-state index in [1.807, 2.05) is 18.2 Å². The third-order valence-corrected chi connectivity index (χ3v) is 5.71. The average molecular weight is 396 g/mol. The number of hydrogen-bond acceptors (Lipinski definition) is 4. The summed E-state index contributed by atoms with van der Waals surface area (Å²) in [4.78, 5) is 4.72. The highest BCUT2D eigenvalue weighted by molar-refractivity contribution is 7.80. The highest BCUT2D eigenvalue weighted by Crippen LogP contribution is 2.32. The third-order valence-electron chi connectivity index (χ3n) is 5.19. The largest absolute Gasteiger partial charge is 0.397 e. The fraction of sp³-hybridized carbons (Fsp3) is 0.667. The van der Waals surface area contributed by atoms with Crippen LogP contribution >= 0.6 is 0 Å². The Morgan fingerprint density at radius 3 is 2.52 bits per heavy atom. The van der Waals surface area contributed by atoms with Crippen LogP contribution in [-0.2, 0) is 20.0 Å². The Bertz CT molecular complexity index is 740. The molecule has 152 valence electrons. The van der Waals surface area contributed by atoms with Crippen molar-refractivity contribution in [3.63, 3.8) is 0 Å². The summed E-state index contributed by atoms with van der Waals surface area (Å²) in [6.07, 6.45) is 7.10. The zero-order valence-corrected chi connectivity index (χ0v) is 17.6. The normalized spacial score (nSPS) is 17.3. The summed E-state index contributed by atoms with van der Waals surface area (Å²) in [6, 6.07) is 8.13. The van der Waals surface area contributed by atoms with Crippen LogP contribution in [0.4, 0.5) is 0 Å². The van der Waals surface area contributed by atoms with Crippen molar-refractivity contribution in [2.24, 2.45) is 4.99 Å². The van der Waals surface area contributed by atoms with Gasteiger partial charge in [0.1, 0.15) is 0 Å². The molecule has 27 heavy (non-hydrogen) atoms. The predicted octanol–water partition coefficient (Wildman–Crippen LogP) is 5.10. The summed E-state index contributed by atoms with van der Waals surface area (Å²) in [7, 11) is -4.48. The van der Waals surface area contributed by atoms with E-state index in [9.17, 15) is 13.0 Å². The summed E-state index contributed by atoms with van der Waals surface area (Å²) < 4.78 is 36.8. The molecule has 1 atom stereocenters. The predicted molar refractivity (Wildman–Crippen MR) is 110 cm³/mol. The van der Waals surface area contributed by atoms with Gasteiger partial charge in [-0.2, -0.15) is 8.42 Å². The van der Waals surface area contributed by atoms with Crippen molar-refractivity contribution in [2.75, 3.05) is 6.54 Å². The molecule has 0 spiro atoms. The molecule has 1 aliphatic heterocycles. The van der Waals surface area contributed by atoms with Gasteiger partial charge in [-0.05, 0) is 17.5 Å². The minimum Gasteiger partial charge on any atom is -0.288 e. The monoisotopic (exact) mass is 395 g/mol. The smallest absolute Gasteiger partial charge is 0.288 e. The Morgan fingerprint density at radius 1 is 1.15 bits per heavy atom. The number of unbranched alkanes of at least 4 members (excludes halogenated alkanes) is 5. The van der Waals surface area contributed by atoms with E-state index in [1.165, 1.54) is 24.8 Å². The van der Waals surface area contributed by atoms with E-state index in [1.54, 1.807) is 0 Å². The summed E-state index contributed by atoms with van der Waals surface area (Å²) in [5.74, 6) is 0. The molecular weight excluding hydrogens is 362 g/mol. The molecule has 1 aromatic carbocycles. The summed E-state index contributed by atoms with van der Waals surface area (Å²) in [5, 5.41) is 0. The van der Waals surface area contributed by atoms with Gasteiger partial charge in [-0.15, -0.1) is 0 Å². The molecule has 0 radical (unpaired) electrons. The summed E-state index contributed by atoms with van der Waals surface area (Å²) in [5.41, 5.74) is 3.10. The molecule has 0 aliphatic carbocycles. The van der Waals surface area contributed by atoms with Crippen LogP contribution in [0.1, 0.15) is 83.3 Å². The number of rotatable bonds is 11. The van der Waals surface area contributed by atoms with Gasteiger partial charge in [-0.3, -0.25) is 9.55 Å². The van der Waals surface area contributed by atoms with Crippen molar-refractivity contribution in [3.05, 3.63) is 35.4 Å². The minimum absolute atomic E-state index is 0.0429. The lowest BCUT2D eigenvalue weighted by Gasteiger charge is -2.32. The number of benzene rings is 1. The summed E-state index contributed by atoms with van der Waals surface area (Å²) in [6.45, 7) is 7.16. The molecule has 1 heterocycles. The van der Waals surface area contributed by atoms with Crippen molar-refractivity contribution < 1.29 is 17.2 Å². The van der Waals surface area contributed by atoms with Gasteiger partial charge in [0.25, 0.3) is 0 Å². The lowest BCUT2D eigenvalue weighted by molar-refractivity contribution is 0.175. The van der Waals surface area contributed by atoms with Crippen molar-refractivity contribution in [1.82, 2.24) is 0 Å². The van der Waals surface area contributed by atoms with Crippen LogP contribution in [0.15, 0.2) is 29.3 Å². The Morgan fingerprint density at radius 2 is 1.81 bits per heavy atom. The van der Waals surface area contributed by atoms with E-state index in [4.69, 9.17) is 9.18 Å². The first-order chi connectivity index (χ1) is 12.7. The first-order valence-corrected chi connectivity index (χ1v) is 11.4. The average Bonchev–Trinajstić information content (AvgIpc) is 2.59. The second-order valence-electron chi connectivity index (χ2n) is 8.10. The molecule has 0 amide bonds. The van der Waals surface area contributed by atoms with Gasteiger partial charge in [0.05, 0.1) is 6.10 Å². The maximum atomic E-state index is 11.3. The van der Waals surface area contributed by atoms with E-state index in [0.29, 0.717) is 19.4 Å². The number of nitrogens with zero attached hydrogens (tertiary/aromatic N) is 1. The number of aliphatic imine (C=N–C) groups is 1. The Hall–Kier alpha value is -1.24. The minimum atomic E-state index is -4.48. The molecule has 0 saturated carbocycles. The third kappa shape index (κ3) is 7.01. The van der Waals surface area contributed by atoms with Gasteiger partial charge in [-0.1, -0.05) is 83.6 Å². The van der Waals surface area contributed by atoms with Gasteiger partial charge in [0.15, 0.2) is 0 Å². The van der Waals surface area contributed by atoms with Crippen molar-refractivity contribution in [2.45, 2.75) is 83.7 Å². The van der Waals surface area contributed by atoms with Crippen LogP contribution < -0.4 is 0 Å². The van der Waals surface area contributed by atoms with E-state index >= 15 is 0 Å². The molecule has 1 aliphatic rings. The molecule has 0 aromatic heterocycles. The lowest BCUT2D eigenvalue weighted by atomic mass is 9.78. The Balaban J connectivity index is 2.05. The molecule has 5 nitrogen and oxygen atoms in total. The van der Waals surface area contributed by atoms with E-state index in [0.717, 1.165) is 30.5 Å². The van der Waals surface area contributed by atoms with Crippen molar-refractivity contribution >= 4 is 16.1 Å². The molecule has 2 rings (SSSR count). The van der Waals surface area contributed by atoms with Crippen LogP contribution in [0.5, 0.6) is 0 Å². The highest BCUT2D eigenvalue weighted by Gasteiger charge is 2.30. The SMILES string of the molecule is CCCCCCCCC(CC1=NCC(C)(C)c2ccccc21)OS(=O)(=O)O. The molecule has 1 unspecified atom stereocenters. The van der Waals surface area contributed by atoms with Gasteiger partial charge in [0, 0.05) is 24.1 Å². The molecule has 0 fully saturated rings. The zero-order valence-electron chi connectivity index (χ0n) is 16.8. The second-order valence-corrected chi connectivity index (χ2v) is 9.15. The molecule has 0 saturated heterocycles. The topological polar surface area (TPSA) is 76.0 Å². The highest BCUT2D eigenvalue weighted by atomic mass is 32.3. The van der Waals surface area contributed by atoms with Crippen LogP contribution in [0.25, 0.3) is 0 Å². The maximum Gasteiger partial charge on any atom is 0.397 e. The van der Waals surface area contributed by atoms with Crippen LogP contribution in [0.3, 0.4) is 0 Å². The molecule has 6 heteroatoms. The first-order valence-electron chi connectivity index (χ1n) is 10.0. The van der Waals surface area contributed by atoms with Crippen molar-refractivity contribution in [3.8, 4) is 0 Å². The zero-order chi connectivity index (χ0) is 19.9. The Labute approximate surface area is 164 Å².